The second kappa shape index (κ2) is 4.81. The van der Waals surface area contributed by atoms with Gasteiger partial charge in [0.2, 0.25) is 0 Å². The molecule has 2 aromatic rings. The molecule has 2 aromatic carbocycles. The molecule has 1 heterocycles. The normalized spacial score (nSPS) is 13.1. The molecule has 100 valence electrons. The van der Waals surface area contributed by atoms with Gasteiger partial charge in [-0.1, -0.05) is 36.4 Å². The Bertz CT molecular complexity index is 669. The minimum atomic E-state index is -0.545. The van der Waals surface area contributed by atoms with Crippen LogP contribution in [0, 0.1) is 0 Å². The number of carbonyl (C=O) groups is 2. The maximum Gasteiger partial charge on any atom is 0.295 e. The highest BCUT2D eigenvalue weighted by molar-refractivity contribution is 6.43. The second-order valence-corrected chi connectivity index (χ2v) is 4.85. The highest BCUT2D eigenvalue weighted by Crippen LogP contribution is 2.23. The third kappa shape index (κ3) is 2.05. The Kier molecular flexibility index (Phi) is 2.99. The number of hydrogen-bond donors (Lipinski definition) is 1. The van der Waals surface area contributed by atoms with Crippen molar-refractivity contribution in [3.8, 4) is 0 Å². The van der Waals surface area contributed by atoms with E-state index in [1.54, 1.807) is 29.2 Å². The van der Waals surface area contributed by atoms with Gasteiger partial charge in [-0.25, -0.2) is 0 Å². The van der Waals surface area contributed by atoms with Crippen molar-refractivity contribution in [1.29, 1.82) is 0 Å². The molecule has 1 amide bonds. The van der Waals surface area contributed by atoms with E-state index in [1.165, 1.54) is 0 Å². The molecule has 0 aromatic heterocycles. The van der Waals surface area contributed by atoms with Gasteiger partial charge in [0.25, 0.3) is 11.7 Å². The summed E-state index contributed by atoms with van der Waals surface area (Å²) in [6.45, 7) is 0.959. The largest absolute Gasteiger partial charge is 0.398 e. The van der Waals surface area contributed by atoms with Crippen molar-refractivity contribution in [3.05, 3.63) is 65.2 Å². The zero-order valence-electron chi connectivity index (χ0n) is 10.9. The van der Waals surface area contributed by atoms with Gasteiger partial charge in [-0.05, 0) is 23.3 Å². The van der Waals surface area contributed by atoms with Crippen molar-refractivity contribution in [3.63, 3.8) is 0 Å². The Balaban J connectivity index is 1.82. The minimum Gasteiger partial charge on any atom is -0.398 e. The van der Waals surface area contributed by atoms with Crippen LogP contribution in [0.15, 0.2) is 48.5 Å². The lowest BCUT2D eigenvalue weighted by Crippen LogP contribution is -2.32. The van der Waals surface area contributed by atoms with Gasteiger partial charge in [0.15, 0.2) is 0 Å². The van der Waals surface area contributed by atoms with E-state index < -0.39 is 11.7 Å². The first-order valence-corrected chi connectivity index (χ1v) is 6.41. The number of carbonyl (C=O) groups excluding carboxylic acids is 2. The van der Waals surface area contributed by atoms with Gasteiger partial charge in [0.05, 0.1) is 5.56 Å². The topological polar surface area (TPSA) is 63.4 Å². The predicted octanol–water partition coefficient (Wildman–Crippen LogP) is 1.99. The molecule has 4 nitrogen and oxygen atoms in total. The Morgan fingerprint density at radius 2 is 1.45 bits per heavy atom. The zero-order chi connectivity index (χ0) is 14.1. The van der Waals surface area contributed by atoms with Crippen molar-refractivity contribution in [2.75, 3.05) is 5.73 Å². The summed E-state index contributed by atoms with van der Waals surface area (Å²) >= 11 is 0. The van der Waals surface area contributed by atoms with Crippen LogP contribution in [0.3, 0.4) is 0 Å². The fourth-order valence-corrected chi connectivity index (χ4v) is 2.44. The van der Waals surface area contributed by atoms with E-state index in [4.69, 9.17) is 5.73 Å². The van der Waals surface area contributed by atoms with E-state index in [-0.39, 0.29) is 5.56 Å². The van der Waals surface area contributed by atoms with Crippen LogP contribution in [0.4, 0.5) is 5.69 Å². The van der Waals surface area contributed by atoms with Crippen molar-refractivity contribution in [2.24, 2.45) is 0 Å². The number of para-hydroxylation sites is 1. The Morgan fingerprint density at radius 3 is 2.05 bits per heavy atom. The first-order chi connectivity index (χ1) is 9.66. The molecule has 0 unspecified atom stereocenters. The molecule has 20 heavy (non-hydrogen) atoms. The second-order valence-electron chi connectivity index (χ2n) is 4.85. The molecule has 4 heteroatoms. The third-order valence-corrected chi connectivity index (χ3v) is 3.53. The number of Topliss-reactive ketones (excluding diaryl/α,β-unsaturated/α-hetero) is 1. The number of nitrogens with two attached hydrogens (primary N) is 1. The Labute approximate surface area is 116 Å². The maximum atomic E-state index is 12.3. The molecule has 1 aliphatic heterocycles. The van der Waals surface area contributed by atoms with Gasteiger partial charge >= 0.3 is 0 Å². The first kappa shape index (κ1) is 12.4. The minimum absolute atomic E-state index is 0.272. The van der Waals surface area contributed by atoms with E-state index in [2.05, 4.69) is 0 Å². The Morgan fingerprint density at radius 1 is 0.900 bits per heavy atom. The number of amides is 1. The van der Waals surface area contributed by atoms with Crippen molar-refractivity contribution >= 4 is 17.4 Å². The van der Waals surface area contributed by atoms with E-state index in [1.807, 2.05) is 24.3 Å². The summed E-state index contributed by atoms with van der Waals surface area (Å²) in [5.41, 5.74) is 8.54. The van der Waals surface area contributed by atoms with E-state index >= 15 is 0 Å². The van der Waals surface area contributed by atoms with Gasteiger partial charge in [0, 0.05) is 18.8 Å². The lowest BCUT2D eigenvalue weighted by molar-refractivity contribution is -0.127. The number of anilines is 1. The maximum absolute atomic E-state index is 12.3. The fourth-order valence-electron chi connectivity index (χ4n) is 2.44. The standard InChI is InChI=1S/C16H14N2O2/c17-14-8-4-3-7-13(14)15(19)16(20)18-9-11-5-1-2-6-12(11)10-18/h1-8H,9-10,17H2. The van der Waals surface area contributed by atoms with Crippen molar-refractivity contribution in [1.82, 2.24) is 4.90 Å². The molecular formula is C16H14N2O2. The average molecular weight is 266 g/mol. The number of fused-ring (bicyclic) bond motifs is 1. The number of rotatable bonds is 2. The molecule has 0 radical (unpaired) electrons. The third-order valence-electron chi connectivity index (χ3n) is 3.53. The number of hydrogen-bond acceptors (Lipinski definition) is 3. The van der Waals surface area contributed by atoms with Crippen LogP contribution in [0.25, 0.3) is 0 Å². The summed E-state index contributed by atoms with van der Waals surface area (Å²) < 4.78 is 0. The van der Waals surface area contributed by atoms with Gasteiger partial charge in [-0.2, -0.15) is 0 Å². The van der Waals surface area contributed by atoms with Crippen LogP contribution in [-0.2, 0) is 17.9 Å². The average Bonchev–Trinajstić information content (AvgIpc) is 2.90. The summed E-state index contributed by atoms with van der Waals surface area (Å²) in [7, 11) is 0. The molecule has 0 atom stereocenters. The van der Waals surface area contributed by atoms with Gasteiger partial charge in [-0.15, -0.1) is 0 Å². The van der Waals surface area contributed by atoms with Crippen LogP contribution in [-0.4, -0.2) is 16.6 Å². The summed E-state index contributed by atoms with van der Waals surface area (Å²) in [5, 5.41) is 0. The molecule has 0 saturated carbocycles. The molecule has 2 N–H and O–H groups in total. The first-order valence-electron chi connectivity index (χ1n) is 6.41. The lowest BCUT2D eigenvalue weighted by Gasteiger charge is -2.14. The summed E-state index contributed by atoms with van der Waals surface area (Å²) in [6, 6.07) is 14.5. The molecule has 0 fully saturated rings. The SMILES string of the molecule is Nc1ccccc1C(=O)C(=O)N1Cc2ccccc2C1. The van der Waals surface area contributed by atoms with E-state index in [0.29, 0.717) is 18.8 Å². The monoisotopic (exact) mass is 266 g/mol. The molecule has 3 rings (SSSR count). The van der Waals surface area contributed by atoms with Crippen molar-refractivity contribution in [2.45, 2.75) is 13.1 Å². The molecule has 0 aliphatic carbocycles. The zero-order valence-corrected chi connectivity index (χ0v) is 10.9. The molecule has 0 spiro atoms. The molecule has 0 bridgehead atoms. The molecule has 1 aliphatic rings. The lowest BCUT2D eigenvalue weighted by atomic mass is 10.1. The van der Waals surface area contributed by atoms with Gasteiger partial charge in [0.1, 0.15) is 0 Å². The highest BCUT2D eigenvalue weighted by Gasteiger charge is 2.29. The van der Waals surface area contributed by atoms with Crippen molar-refractivity contribution < 1.29 is 9.59 Å². The van der Waals surface area contributed by atoms with Crippen LogP contribution >= 0.6 is 0 Å². The smallest absolute Gasteiger partial charge is 0.295 e. The fraction of sp³-hybridized carbons (Fsp3) is 0.125. The van der Waals surface area contributed by atoms with Crippen LogP contribution in [0.1, 0.15) is 21.5 Å². The number of nitrogens with zero attached hydrogens (tertiary/aromatic N) is 1. The summed E-state index contributed by atoms with van der Waals surface area (Å²) in [5.74, 6) is -1.05. The Hall–Kier alpha value is -2.62. The number of nitrogen functional groups attached to an aromatic ring is 1. The highest BCUT2D eigenvalue weighted by atomic mass is 16.2. The molecule has 0 saturated heterocycles. The van der Waals surface area contributed by atoms with Crippen LogP contribution < -0.4 is 5.73 Å². The van der Waals surface area contributed by atoms with Gasteiger partial charge < -0.3 is 10.6 Å². The van der Waals surface area contributed by atoms with Gasteiger partial charge in [-0.3, -0.25) is 9.59 Å². The predicted molar refractivity (Wildman–Crippen MR) is 75.9 cm³/mol. The molecular weight excluding hydrogens is 252 g/mol. The quantitative estimate of drug-likeness (QED) is 0.513. The van der Waals surface area contributed by atoms with E-state index in [0.717, 1.165) is 11.1 Å². The number of benzene rings is 2. The van der Waals surface area contributed by atoms with E-state index in [9.17, 15) is 9.59 Å². The number of ketones is 1. The summed E-state index contributed by atoms with van der Waals surface area (Å²) in [6.07, 6.45) is 0. The van der Waals surface area contributed by atoms with Crippen LogP contribution in [0.2, 0.25) is 0 Å². The summed E-state index contributed by atoms with van der Waals surface area (Å²) in [4.78, 5) is 26.1. The van der Waals surface area contributed by atoms with Crippen LogP contribution in [0.5, 0.6) is 0 Å².